The smallest absolute Gasteiger partial charge is 0.167 e. The summed E-state index contributed by atoms with van der Waals surface area (Å²) in [6.07, 6.45) is 6.37. The number of nitrogens with zero attached hydrogens (tertiary/aromatic N) is 4. The number of H-pyrrole nitrogens is 1. The SMILES string of the molecule is COCC(C)(C)c1c(-c2cnn(CS(C)(=O)=O)c2)c2cc3[nH]ncc3cc2n1-c1ccc(F)cc1. The van der Waals surface area contributed by atoms with Gasteiger partial charge in [0.1, 0.15) is 11.7 Å². The number of benzene rings is 2. The molecule has 0 unspecified atom stereocenters. The minimum atomic E-state index is -3.27. The Balaban J connectivity index is 1.90. The third-order valence-electron chi connectivity index (χ3n) is 6.05. The molecule has 182 valence electrons. The summed E-state index contributed by atoms with van der Waals surface area (Å²) in [6, 6.07) is 10.5. The Morgan fingerprint density at radius 3 is 2.57 bits per heavy atom. The van der Waals surface area contributed by atoms with Gasteiger partial charge < -0.3 is 9.30 Å². The van der Waals surface area contributed by atoms with Crippen molar-refractivity contribution in [3.63, 3.8) is 0 Å². The minimum Gasteiger partial charge on any atom is -0.384 e. The van der Waals surface area contributed by atoms with E-state index in [1.165, 1.54) is 23.1 Å². The van der Waals surface area contributed by atoms with Crippen LogP contribution in [0.15, 0.2) is 55.0 Å². The number of nitrogens with one attached hydrogen (secondary N) is 1. The van der Waals surface area contributed by atoms with Gasteiger partial charge in [-0.1, -0.05) is 13.8 Å². The summed E-state index contributed by atoms with van der Waals surface area (Å²) in [7, 11) is -1.61. The van der Waals surface area contributed by atoms with Crippen LogP contribution in [0.4, 0.5) is 4.39 Å². The van der Waals surface area contributed by atoms with E-state index < -0.39 is 15.3 Å². The summed E-state index contributed by atoms with van der Waals surface area (Å²) in [4.78, 5) is 0. The molecule has 0 atom stereocenters. The van der Waals surface area contributed by atoms with Crippen LogP contribution < -0.4 is 0 Å². The quantitative estimate of drug-likeness (QED) is 0.360. The molecule has 8 nitrogen and oxygen atoms in total. The van der Waals surface area contributed by atoms with E-state index in [9.17, 15) is 12.8 Å². The first kappa shape index (κ1) is 23.3. The van der Waals surface area contributed by atoms with Gasteiger partial charge in [0.15, 0.2) is 9.84 Å². The molecule has 0 bridgehead atoms. The van der Waals surface area contributed by atoms with Crippen molar-refractivity contribution < 1.29 is 17.5 Å². The third kappa shape index (κ3) is 4.23. The van der Waals surface area contributed by atoms with Gasteiger partial charge in [0.2, 0.25) is 0 Å². The minimum absolute atomic E-state index is 0.217. The largest absolute Gasteiger partial charge is 0.384 e. The monoisotopic (exact) mass is 495 g/mol. The number of aromatic nitrogens is 5. The average molecular weight is 496 g/mol. The Kier molecular flexibility index (Phi) is 5.52. The molecule has 3 aromatic heterocycles. The van der Waals surface area contributed by atoms with E-state index in [1.807, 2.05) is 12.1 Å². The molecule has 10 heteroatoms. The first-order valence-corrected chi connectivity index (χ1v) is 13.1. The van der Waals surface area contributed by atoms with Gasteiger partial charge in [-0.15, -0.1) is 0 Å². The molecular formula is C25H26FN5O3S. The van der Waals surface area contributed by atoms with Gasteiger partial charge >= 0.3 is 0 Å². The third-order valence-corrected chi connectivity index (χ3v) is 6.78. The summed E-state index contributed by atoms with van der Waals surface area (Å²) in [5, 5.41) is 13.4. The molecule has 0 aliphatic rings. The molecule has 0 spiro atoms. The van der Waals surface area contributed by atoms with E-state index in [2.05, 4.69) is 33.7 Å². The van der Waals surface area contributed by atoms with Crippen LogP contribution in [-0.4, -0.2) is 52.9 Å². The van der Waals surface area contributed by atoms with Crippen LogP contribution >= 0.6 is 0 Å². The van der Waals surface area contributed by atoms with Gasteiger partial charge in [-0.2, -0.15) is 10.2 Å². The van der Waals surface area contributed by atoms with Crippen molar-refractivity contribution >= 4 is 31.6 Å². The Morgan fingerprint density at radius 2 is 1.89 bits per heavy atom. The highest BCUT2D eigenvalue weighted by Gasteiger charge is 2.33. The Morgan fingerprint density at radius 1 is 1.14 bits per heavy atom. The lowest BCUT2D eigenvalue weighted by Gasteiger charge is -2.28. The van der Waals surface area contributed by atoms with E-state index >= 15 is 0 Å². The highest BCUT2D eigenvalue weighted by molar-refractivity contribution is 7.89. The zero-order chi connectivity index (χ0) is 25.0. The normalized spacial score (nSPS) is 12.7. The average Bonchev–Trinajstić information content (AvgIpc) is 3.48. The maximum Gasteiger partial charge on any atom is 0.167 e. The van der Waals surface area contributed by atoms with Crippen molar-refractivity contribution in [2.45, 2.75) is 25.1 Å². The Hall–Kier alpha value is -3.50. The fourth-order valence-electron chi connectivity index (χ4n) is 4.75. The Bertz CT molecular complexity index is 1650. The lowest BCUT2D eigenvalue weighted by Crippen LogP contribution is -2.27. The van der Waals surface area contributed by atoms with Crippen molar-refractivity contribution in [1.29, 1.82) is 0 Å². The number of hydrogen-bond acceptors (Lipinski definition) is 5. The van der Waals surface area contributed by atoms with E-state index in [0.29, 0.717) is 6.61 Å². The number of halogens is 1. The predicted octanol–water partition coefficient (Wildman–Crippen LogP) is 4.44. The summed E-state index contributed by atoms with van der Waals surface area (Å²) < 4.78 is 46.7. The van der Waals surface area contributed by atoms with Gasteiger partial charge in [0, 0.05) is 58.3 Å². The number of ether oxygens (including phenoxy) is 1. The maximum absolute atomic E-state index is 13.8. The lowest BCUT2D eigenvalue weighted by molar-refractivity contribution is 0.144. The number of aromatic amines is 1. The van der Waals surface area contributed by atoms with Crippen molar-refractivity contribution in [3.05, 3.63) is 66.5 Å². The number of methoxy groups -OCH3 is 1. The Labute approximate surface area is 202 Å². The molecule has 3 heterocycles. The summed E-state index contributed by atoms with van der Waals surface area (Å²) in [5.41, 5.74) is 4.74. The van der Waals surface area contributed by atoms with Crippen molar-refractivity contribution in [2.75, 3.05) is 20.0 Å². The highest BCUT2D eigenvalue weighted by Crippen LogP contribution is 2.44. The molecule has 5 aromatic rings. The predicted molar refractivity (Wildman–Crippen MR) is 134 cm³/mol. The zero-order valence-corrected chi connectivity index (χ0v) is 20.7. The van der Waals surface area contributed by atoms with Gasteiger partial charge in [0.05, 0.1) is 30.0 Å². The first-order chi connectivity index (χ1) is 16.6. The van der Waals surface area contributed by atoms with Gasteiger partial charge in [-0.25, -0.2) is 12.8 Å². The molecule has 1 N–H and O–H groups in total. The molecule has 0 saturated carbocycles. The van der Waals surface area contributed by atoms with Crippen LogP contribution in [0, 0.1) is 5.82 Å². The van der Waals surface area contributed by atoms with Crippen LogP contribution in [0.3, 0.4) is 0 Å². The van der Waals surface area contributed by atoms with Crippen LogP contribution in [0.5, 0.6) is 0 Å². The molecule has 0 aliphatic heterocycles. The lowest BCUT2D eigenvalue weighted by atomic mass is 9.85. The van der Waals surface area contributed by atoms with Crippen LogP contribution in [0.1, 0.15) is 19.5 Å². The van der Waals surface area contributed by atoms with E-state index in [4.69, 9.17) is 4.74 Å². The van der Waals surface area contributed by atoms with Crippen LogP contribution in [0.2, 0.25) is 0 Å². The second-order valence-corrected chi connectivity index (χ2v) is 11.6. The first-order valence-electron chi connectivity index (χ1n) is 11.0. The summed E-state index contributed by atoms with van der Waals surface area (Å²) >= 11 is 0. The van der Waals surface area contributed by atoms with Gasteiger partial charge in [-0.3, -0.25) is 9.78 Å². The van der Waals surface area contributed by atoms with E-state index in [0.717, 1.165) is 44.3 Å². The number of fused-ring (bicyclic) bond motifs is 2. The van der Waals surface area contributed by atoms with Crippen molar-refractivity contribution in [1.82, 2.24) is 24.5 Å². The molecule has 0 radical (unpaired) electrons. The molecule has 0 fully saturated rings. The fourth-order valence-corrected chi connectivity index (χ4v) is 5.37. The highest BCUT2D eigenvalue weighted by atomic mass is 32.2. The van der Waals surface area contributed by atoms with Crippen LogP contribution in [-0.2, 0) is 25.9 Å². The molecular weight excluding hydrogens is 469 g/mol. The van der Waals surface area contributed by atoms with Crippen LogP contribution in [0.25, 0.3) is 38.6 Å². The van der Waals surface area contributed by atoms with Gasteiger partial charge in [0.25, 0.3) is 0 Å². The standard InChI is InChI=1S/C25H26FN5O3S/c1-25(2,14-34-3)24-23(17-12-28-30(13-17)15-35(4,32)33)20-10-21-16(11-27-29-21)9-22(20)31(24)19-7-5-18(26)6-8-19/h5-13H,14-15H2,1-4H3,(H,27,29). The maximum atomic E-state index is 13.8. The molecule has 0 aliphatic carbocycles. The summed E-state index contributed by atoms with van der Waals surface area (Å²) in [5.74, 6) is -0.534. The summed E-state index contributed by atoms with van der Waals surface area (Å²) in [6.45, 7) is 4.60. The molecule has 0 amide bonds. The molecule has 2 aromatic carbocycles. The van der Waals surface area contributed by atoms with E-state index in [1.54, 1.807) is 37.8 Å². The topological polar surface area (TPSA) is 94.8 Å². The molecule has 5 rings (SSSR count). The molecule has 35 heavy (non-hydrogen) atoms. The fraction of sp³-hybridized carbons (Fsp3) is 0.280. The van der Waals surface area contributed by atoms with Crippen molar-refractivity contribution in [2.24, 2.45) is 0 Å². The number of sulfone groups is 1. The molecule has 0 saturated heterocycles. The number of rotatable bonds is 7. The number of hydrogen-bond donors (Lipinski definition) is 1. The van der Waals surface area contributed by atoms with E-state index in [-0.39, 0.29) is 11.7 Å². The zero-order valence-electron chi connectivity index (χ0n) is 19.9. The second kappa shape index (κ2) is 8.31. The van der Waals surface area contributed by atoms with Gasteiger partial charge in [-0.05, 0) is 36.4 Å². The van der Waals surface area contributed by atoms with Crippen molar-refractivity contribution in [3.8, 4) is 16.8 Å². The second-order valence-electron chi connectivity index (χ2n) is 9.50.